The van der Waals surface area contributed by atoms with Crippen LogP contribution >= 0.6 is 0 Å². The van der Waals surface area contributed by atoms with Crippen LogP contribution < -0.4 is 5.32 Å². The summed E-state index contributed by atoms with van der Waals surface area (Å²) < 4.78 is 18.8. The largest absolute Gasteiger partial charge is 0.362 e. The molecular formula is C11H12FNO2. The number of halogens is 1. The van der Waals surface area contributed by atoms with Gasteiger partial charge in [-0.05, 0) is 18.6 Å². The Labute approximate surface area is 87.2 Å². The van der Waals surface area contributed by atoms with Gasteiger partial charge >= 0.3 is 0 Å². The van der Waals surface area contributed by atoms with Gasteiger partial charge in [-0.2, -0.15) is 0 Å². The van der Waals surface area contributed by atoms with Crippen LogP contribution in [0.3, 0.4) is 0 Å². The van der Waals surface area contributed by atoms with Gasteiger partial charge in [-0.15, -0.1) is 0 Å². The monoisotopic (exact) mass is 209 g/mol. The van der Waals surface area contributed by atoms with Gasteiger partial charge in [0.1, 0.15) is 18.5 Å². The highest BCUT2D eigenvalue weighted by Crippen LogP contribution is 2.22. The highest BCUT2D eigenvalue weighted by molar-refractivity contribution is 5.77. The van der Waals surface area contributed by atoms with Crippen LogP contribution in [0.25, 0.3) is 0 Å². The lowest BCUT2D eigenvalue weighted by atomic mass is 10.1. The number of rotatable bonds is 1. The van der Waals surface area contributed by atoms with E-state index in [0.717, 1.165) is 5.56 Å². The zero-order valence-electron chi connectivity index (χ0n) is 8.42. The number of nitrogens with one attached hydrogen (secondary N) is 1. The average molecular weight is 209 g/mol. The summed E-state index contributed by atoms with van der Waals surface area (Å²) in [6.07, 6.45) is -0.372. The summed E-state index contributed by atoms with van der Waals surface area (Å²) in [5, 5.41) is 2.64. The fourth-order valence-electron chi connectivity index (χ4n) is 1.59. The van der Waals surface area contributed by atoms with Crippen molar-refractivity contribution in [1.82, 2.24) is 5.32 Å². The van der Waals surface area contributed by atoms with Gasteiger partial charge in [-0.25, -0.2) is 4.39 Å². The number of benzene rings is 1. The first-order valence-electron chi connectivity index (χ1n) is 4.81. The third-order valence-electron chi connectivity index (χ3n) is 2.40. The molecule has 1 aliphatic rings. The molecule has 0 aliphatic carbocycles. The van der Waals surface area contributed by atoms with Crippen LogP contribution in [0.4, 0.5) is 4.39 Å². The first-order valence-corrected chi connectivity index (χ1v) is 4.81. The van der Waals surface area contributed by atoms with E-state index in [-0.39, 0.29) is 24.4 Å². The molecule has 1 atom stereocenters. The summed E-state index contributed by atoms with van der Waals surface area (Å²) in [4.78, 5) is 10.8. The molecule has 1 aromatic carbocycles. The normalized spacial score (nSPS) is 21.2. The molecule has 3 nitrogen and oxygen atoms in total. The lowest BCUT2D eigenvalue weighted by Crippen LogP contribution is -2.38. The van der Waals surface area contributed by atoms with Gasteiger partial charge in [0.2, 0.25) is 5.91 Å². The SMILES string of the molecule is Cc1ccc([C@H]2CNC(=O)CO2)c(F)c1. The standard InChI is InChI=1S/C11H12FNO2/c1-7-2-3-8(9(12)4-7)10-5-13-11(14)6-15-10/h2-4,10H,5-6H2,1H3,(H,13,14)/t10-/m1/s1. The number of aryl methyl sites for hydroxylation is 1. The molecule has 0 unspecified atom stereocenters. The molecule has 1 N–H and O–H groups in total. The fraction of sp³-hybridized carbons (Fsp3) is 0.364. The van der Waals surface area contributed by atoms with E-state index >= 15 is 0 Å². The third kappa shape index (κ3) is 2.15. The van der Waals surface area contributed by atoms with E-state index in [9.17, 15) is 9.18 Å². The Morgan fingerprint density at radius 1 is 1.53 bits per heavy atom. The molecule has 1 amide bonds. The maximum Gasteiger partial charge on any atom is 0.246 e. The smallest absolute Gasteiger partial charge is 0.246 e. The van der Waals surface area contributed by atoms with Crippen molar-refractivity contribution in [2.45, 2.75) is 13.0 Å². The second-order valence-electron chi connectivity index (χ2n) is 3.63. The van der Waals surface area contributed by atoms with Crippen molar-refractivity contribution >= 4 is 5.91 Å². The maximum absolute atomic E-state index is 13.5. The first-order chi connectivity index (χ1) is 7.16. The Morgan fingerprint density at radius 2 is 2.33 bits per heavy atom. The van der Waals surface area contributed by atoms with E-state index in [1.54, 1.807) is 6.07 Å². The Hall–Kier alpha value is -1.42. The van der Waals surface area contributed by atoms with Crippen molar-refractivity contribution in [3.63, 3.8) is 0 Å². The molecule has 0 bridgehead atoms. The molecule has 1 saturated heterocycles. The molecule has 1 aromatic rings. The minimum Gasteiger partial charge on any atom is -0.362 e. The van der Waals surface area contributed by atoms with E-state index in [2.05, 4.69) is 5.32 Å². The molecular weight excluding hydrogens is 197 g/mol. The molecule has 0 spiro atoms. The van der Waals surface area contributed by atoms with Crippen molar-refractivity contribution in [3.05, 3.63) is 35.1 Å². The van der Waals surface area contributed by atoms with Crippen LogP contribution in [0.5, 0.6) is 0 Å². The number of amides is 1. The summed E-state index contributed by atoms with van der Waals surface area (Å²) in [5.74, 6) is -0.435. The molecule has 15 heavy (non-hydrogen) atoms. The summed E-state index contributed by atoms with van der Waals surface area (Å²) in [5.41, 5.74) is 1.37. The Bertz CT molecular complexity index is 382. The molecule has 0 radical (unpaired) electrons. The summed E-state index contributed by atoms with van der Waals surface area (Å²) in [6.45, 7) is 2.16. The number of hydrogen-bond acceptors (Lipinski definition) is 2. The number of morpholine rings is 1. The van der Waals surface area contributed by atoms with E-state index in [1.807, 2.05) is 13.0 Å². The maximum atomic E-state index is 13.5. The number of hydrogen-bond donors (Lipinski definition) is 1. The minimum absolute atomic E-state index is 0.00200. The Morgan fingerprint density at radius 3 is 2.93 bits per heavy atom. The van der Waals surface area contributed by atoms with Crippen molar-refractivity contribution in [2.24, 2.45) is 0 Å². The van der Waals surface area contributed by atoms with E-state index in [0.29, 0.717) is 12.1 Å². The van der Waals surface area contributed by atoms with Crippen molar-refractivity contribution < 1.29 is 13.9 Å². The Balaban J connectivity index is 2.19. The van der Waals surface area contributed by atoms with Crippen molar-refractivity contribution in [1.29, 1.82) is 0 Å². The number of carbonyl (C=O) groups is 1. The van der Waals surface area contributed by atoms with Gasteiger partial charge in [0.15, 0.2) is 0 Å². The topological polar surface area (TPSA) is 38.3 Å². The molecule has 4 heteroatoms. The van der Waals surface area contributed by atoms with Crippen LogP contribution in [0.2, 0.25) is 0 Å². The number of ether oxygens (including phenoxy) is 1. The predicted molar refractivity (Wildman–Crippen MR) is 52.8 cm³/mol. The molecule has 0 aromatic heterocycles. The van der Waals surface area contributed by atoms with E-state index in [4.69, 9.17) is 4.74 Å². The van der Waals surface area contributed by atoms with Crippen molar-refractivity contribution in [3.8, 4) is 0 Å². The molecule has 80 valence electrons. The highest BCUT2D eigenvalue weighted by atomic mass is 19.1. The van der Waals surface area contributed by atoms with Crippen LogP contribution in [0, 0.1) is 12.7 Å². The minimum atomic E-state index is -0.372. The van der Waals surface area contributed by atoms with Gasteiger partial charge in [0.05, 0.1) is 0 Å². The Kier molecular flexibility index (Phi) is 2.68. The zero-order valence-corrected chi connectivity index (χ0v) is 8.42. The number of carbonyl (C=O) groups excluding carboxylic acids is 1. The molecule has 1 fully saturated rings. The quantitative estimate of drug-likeness (QED) is 0.757. The summed E-state index contributed by atoms with van der Waals surface area (Å²) in [6, 6.07) is 5.00. The van der Waals surface area contributed by atoms with E-state index in [1.165, 1.54) is 6.07 Å². The van der Waals surface area contributed by atoms with Crippen LogP contribution in [0.1, 0.15) is 17.2 Å². The molecule has 1 heterocycles. The van der Waals surface area contributed by atoms with Crippen LogP contribution in [-0.4, -0.2) is 19.1 Å². The lowest BCUT2D eigenvalue weighted by molar-refractivity contribution is -0.133. The fourth-order valence-corrected chi connectivity index (χ4v) is 1.59. The average Bonchev–Trinajstić information content (AvgIpc) is 2.20. The van der Waals surface area contributed by atoms with Gasteiger partial charge in [-0.1, -0.05) is 12.1 Å². The van der Waals surface area contributed by atoms with Crippen molar-refractivity contribution in [2.75, 3.05) is 13.2 Å². The van der Waals surface area contributed by atoms with E-state index < -0.39 is 0 Å². The third-order valence-corrected chi connectivity index (χ3v) is 2.40. The van der Waals surface area contributed by atoms with Crippen LogP contribution in [0.15, 0.2) is 18.2 Å². The zero-order chi connectivity index (χ0) is 10.8. The molecule has 1 aliphatic heterocycles. The van der Waals surface area contributed by atoms with Gasteiger partial charge in [0, 0.05) is 12.1 Å². The van der Waals surface area contributed by atoms with Crippen LogP contribution in [-0.2, 0) is 9.53 Å². The second kappa shape index (κ2) is 3.98. The second-order valence-corrected chi connectivity index (χ2v) is 3.63. The highest BCUT2D eigenvalue weighted by Gasteiger charge is 2.22. The van der Waals surface area contributed by atoms with Gasteiger partial charge in [-0.3, -0.25) is 4.79 Å². The molecule has 0 saturated carbocycles. The van der Waals surface area contributed by atoms with Gasteiger partial charge < -0.3 is 10.1 Å². The molecule has 2 rings (SSSR count). The van der Waals surface area contributed by atoms with Gasteiger partial charge in [0.25, 0.3) is 0 Å². The summed E-state index contributed by atoms with van der Waals surface area (Å²) in [7, 11) is 0. The predicted octanol–water partition coefficient (Wildman–Crippen LogP) is 1.32. The summed E-state index contributed by atoms with van der Waals surface area (Å²) >= 11 is 0. The lowest BCUT2D eigenvalue weighted by Gasteiger charge is -2.23. The first kappa shape index (κ1) is 10.1.